The van der Waals surface area contributed by atoms with Gasteiger partial charge >= 0.3 is 0 Å². The highest BCUT2D eigenvalue weighted by atomic mass is 16.2. The quantitative estimate of drug-likeness (QED) is 0.853. The lowest BCUT2D eigenvalue weighted by Crippen LogP contribution is -2.38. The molecule has 1 aromatic heterocycles. The van der Waals surface area contributed by atoms with Gasteiger partial charge in [-0.2, -0.15) is 5.10 Å². The van der Waals surface area contributed by atoms with Crippen molar-refractivity contribution in [1.29, 1.82) is 0 Å². The highest BCUT2D eigenvalue weighted by Crippen LogP contribution is 2.29. The first-order valence-corrected chi connectivity index (χ1v) is 9.05. The minimum absolute atomic E-state index is 0.0903. The van der Waals surface area contributed by atoms with Gasteiger partial charge in [0.15, 0.2) is 0 Å². The fourth-order valence-corrected chi connectivity index (χ4v) is 3.75. The molecule has 3 rings (SSSR count). The predicted molar refractivity (Wildman–Crippen MR) is 93.1 cm³/mol. The number of carbonyl (C=O) groups is 2. The zero-order valence-corrected chi connectivity index (χ0v) is 15.0. The molecule has 1 aliphatic heterocycles. The molecule has 1 atom stereocenters. The Bertz CT molecular complexity index is 722. The summed E-state index contributed by atoms with van der Waals surface area (Å²) in [5.41, 5.74) is 1.28. The Kier molecular flexibility index (Phi) is 5.20. The monoisotopic (exact) mass is 346 g/mol. The van der Waals surface area contributed by atoms with Gasteiger partial charge in [0, 0.05) is 37.5 Å². The van der Waals surface area contributed by atoms with Crippen LogP contribution in [0.2, 0.25) is 0 Å². The van der Waals surface area contributed by atoms with Gasteiger partial charge in [0.2, 0.25) is 11.8 Å². The number of carbonyl (C=O) groups excluding carboxylic acids is 2. The molecule has 0 aromatic carbocycles. The van der Waals surface area contributed by atoms with Crippen molar-refractivity contribution in [3.8, 4) is 0 Å². The third kappa shape index (κ3) is 4.08. The van der Waals surface area contributed by atoms with Crippen LogP contribution in [0.3, 0.4) is 0 Å². The largest absolute Gasteiger partial charge is 0.354 e. The number of nitrogens with zero attached hydrogens (tertiary/aromatic N) is 3. The van der Waals surface area contributed by atoms with E-state index in [2.05, 4.69) is 10.4 Å². The average molecular weight is 346 g/mol. The highest BCUT2D eigenvalue weighted by Gasteiger charge is 2.35. The van der Waals surface area contributed by atoms with Crippen molar-refractivity contribution in [3.63, 3.8) is 0 Å². The molecule has 7 heteroatoms. The standard InChI is InChI=1S/C18H26N4O3/c1-12-7-18(25)22(20-13(12)2)11-16(23)19-9-14-8-17(24)21(10-14)15-5-3-4-6-15/h7,14-15H,3-6,8-11H2,1-2H3,(H,19,23)/t14-/m0/s1. The Balaban J connectivity index is 1.50. The van der Waals surface area contributed by atoms with Gasteiger partial charge in [-0.15, -0.1) is 0 Å². The van der Waals surface area contributed by atoms with Gasteiger partial charge in [-0.3, -0.25) is 14.4 Å². The number of aromatic nitrogens is 2. The predicted octanol–water partition coefficient (Wildman–Crippen LogP) is 0.767. The SMILES string of the molecule is Cc1cc(=O)n(CC(=O)NC[C@@H]2CC(=O)N(C3CCCC3)C2)nc1C. The van der Waals surface area contributed by atoms with E-state index in [0.717, 1.165) is 30.6 Å². The summed E-state index contributed by atoms with van der Waals surface area (Å²) in [6, 6.07) is 1.89. The molecule has 1 aromatic rings. The second kappa shape index (κ2) is 7.37. The molecule has 2 heterocycles. The molecule has 2 amide bonds. The fraction of sp³-hybridized carbons (Fsp3) is 0.667. The molecule has 1 aliphatic carbocycles. The molecule has 0 radical (unpaired) electrons. The Morgan fingerprint density at radius 2 is 2.00 bits per heavy atom. The van der Waals surface area contributed by atoms with Gasteiger partial charge in [0.1, 0.15) is 6.54 Å². The normalized spacial score (nSPS) is 21.1. The molecule has 2 aliphatic rings. The maximum absolute atomic E-state index is 12.2. The summed E-state index contributed by atoms with van der Waals surface area (Å²) in [6.45, 7) is 4.73. The van der Waals surface area contributed by atoms with E-state index in [1.165, 1.54) is 23.6 Å². The smallest absolute Gasteiger partial charge is 0.267 e. The third-order valence-electron chi connectivity index (χ3n) is 5.32. The first-order chi connectivity index (χ1) is 11.9. The molecular weight excluding hydrogens is 320 g/mol. The van der Waals surface area contributed by atoms with E-state index >= 15 is 0 Å². The van der Waals surface area contributed by atoms with E-state index in [-0.39, 0.29) is 29.8 Å². The Labute approximate surface area is 147 Å². The van der Waals surface area contributed by atoms with Crippen molar-refractivity contribution < 1.29 is 9.59 Å². The Hall–Kier alpha value is -2.18. The number of hydrogen-bond donors (Lipinski definition) is 1. The molecule has 2 fully saturated rings. The van der Waals surface area contributed by atoms with E-state index in [1.54, 1.807) is 0 Å². The highest BCUT2D eigenvalue weighted by molar-refractivity contribution is 5.79. The van der Waals surface area contributed by atoms with Crippen molar-refractivity contribution in [3.05, 3.63) is 27.7 Å². The van der Waals surface area contributed by atoms with E-state index in [0.29, 0.717) is 19.0 Å². The zero-order valence-electron chi connectivity index (χ0n) is 15.0. The first-order valence-electron chi connectivity index (χ1n) is 9.05. The van der Waals surface area contributed by atoms with Crippen LogP contribution in [0.5, 0.6) is 0 Å². The van der Waals surface area contributed by atoms with Crippen LogP contribution in [0.4, 0.5) is 0 Å². The lowest BCUT2D eigenvalue weighted by molar-refractivity contribution is -0.129. The maximum atomic E-state index is 12.2. The number of aryl methyl sites for hydroxylation is 2. The molecule has 0 spiro atoms. The van der Waals surface area contributed by atoms with Gasteiger partial charge in [-0.1, -0.05) is 12.8 Å². The molecule has 1 saturated carbocycles. The molecular formula is C18H26N4O3. The first kappa shape index (κ1) is 17.6. The van der Waals surface area contributed by atoms with Crippen LogP contribution in [-0.4, -0.2) is 45.6 Å². The molecule has 1 saturated heterocycles. The van der Waals surface area contributed by atoms with Gasteiger partial charge < -0.3 is 10.2 Å². The van der Waals surface area contributed by atoms with Crippen molar-refractivity contribution in [2.24, 2.45) is 5.92 Å². The number of rotatable bonds is 5. The lowest BCUT2D eigenvalue weighted by Gasteiger charge is -2.24. The van der Waals surface area contributed by atoms with Gasteiger partial charge in [0.05, 0.1) is 5.69 Å². The van der Waals surface area contributed by atoms with E-state index in [4.69, 9.17) is 0 Å². The summed E-state index contributed by atoms with van der Waals surface area (Å²) in [4.78, 5) is 38.2. The minimum Gasteiger partial charge on any atom is -0.354 e. The van der Waals surface area contributed by atoms with Gasteiger partial charge in [0.25, 0.3) is 5.56 Å². The summed E-state index contributed by atoms with van der Waals surface area (Å²) < 4.78 is 1.18. The van der Waals surface area contributed by atoms with E-state index in [1.807, 2.05) is 18.7 Å². The number of hydrogen-bond acceptors (Lipinski definition) is 4. The number of nitrogens with one attached hydrogen (secondary N) is 1. The van der Waals surface area contributed by atoms with Crippen molar-refractivity contribution in [2.45, 2.75) is 58.5 Å². The van der Waals surface area contributed by atoms with Crippen molar-refractivity contribution in [2.75, 3.05) is 13.1 Å². The van der Waals surface area contributed by atoms with E-state index < -0.39 is 0 Å². The van der Waals surface area contributed by atoms with Crippen LogP contribution in [-0.2, 0) is 16.1 Å². The molecule has 0 bridgehead atoms. The zero-order chi connectivity index (χ0) is 18.0. The van der Waals surface area contributed by atoms with Crippen LogP contribution in [0.15, 0.2) is 10.9 Å². The van der Waals surface area contributed by atoms with Crippen LogP contribution < -0.4 is 10.9 Å². The van der Waals surface area contributed by atoms with Crippen LogP contribution in [0, 0.1) is 19.8 Å². The van der Waals surface area contributed by atoms with Crippen molar-refractivity contribution in [1.82, 2.24) is 20.0 Å². The van der Waals surface area contributed by atoms with Crippen molar-refractivity contribution >= 4 is 11.8 Å². The molecule has 1 N–H and O–H groups in total. The lowest BCUT2D eigenvalue weighted by atomic mass is 10.1. The second-order valence-corrected chi connectivity index (χ2v) is 7.27. The summed E-state index contributed by atoms with van der Waals surface area (Å²) >= 11 is 0. The average Bonchev–Trinajstić information content (AvgIpc) is 3.20. The Morgan fingerprint density at radius 3 is 2.72 bits per heavy atom. The second-order valence-electron chi connectivity index (χ2n) is 7.27. The summed E-state index contributed by atoms with van der Waals surface area (Å²) in [5, 5.41) is 7.00. The summed E-state index contributed by atoms with van der Waals surface area (Å²) in [7, 11) is 0. The summed E-state index contributed by atoms with van der Waals surface area (Å²) in [6.07, 6.45) is 5.11. The topological polar surface area (TPSA) is 84.3 Å². The van der Waals surface area contributed by atoms with Gasteiger partial charge in [-0.25, -0.2) is 4.68 Å². The minimum atomic E-state index is -0.276. The van der Waals surface area contributed by atoms with Gasteiger partial charge in [-0.05, 0) is 32.3 Å². The molecule has 136 valence electrons. The summed E-state index contributed by atoms with van der Waals surface area (Å²) in [5.74, 6) is 0.115. The fourth-order valence-electron chi connectivity index (χ4n) is 3.75. The number of amides is 2. The molecule has 7 nitrogen and oxygen atoms in total. The third-order valence-corrected chi connectivity index (χ3v) is 5.32. The van der Waals surface area contributed by atoms with E-state index in [9.17, 15) is 14.4 Å². The van der Waals surface area contributed by atoms with Crippen LogP contribution >= 0.6 is 0 Å². The van der Waals surface area contributed by atoms with Crippen LogP contribution in [0.25, 0.3) is 0 Å². The number of likely N-dealkylation sites (tertiary alicyclic amines) is 1. The maximum Gasteiger partial charge on any atom is 0.267 e. The molecule has 25 heavy (non-hydrogen) atoms. The molecule has 0 unspecified atom stereocenters. The van der Waals surface area contributed by atoms with Crippen LogP contribution in [0.1, 0.15) is 43.4 Å². The Morgan fingerprint density at radius 1 is 1.28 bits per heavy atom.